The molecule has 3 aliphatic rings. The van der Waals surface area contributed by atoms with Gasteiger partial charge in [0.2, 0.25) is 0 Å². The number of unbranched alkanes of at least 4 members (excludes halogenated alkanes) is 1. The zero-order valence-corrected chi connectivity index (χ0v) is 31.5. The molecule has 3 aliphatic heterocycles. The number of aliphatic hydroxyl groups is 4. The van der Waals surface area contributed by atoms with Gasteiger partial charge in [-0.3, -0.25) is 14.4 Å². The fraction of sp³-hybridized carbons (Fsp3) is 0.683. The summed E-state index contributed by atoms with van der Waals surface area (Å²) in [5.41, 5.74) is 2.25. The Morgan fingerprint density at radius 3 is 2.39 bits per heavy atom. The quantitative estimate of drug-likeness (QED) is 0.152. The number of Topliss-reactive ketones (excluding diaryl/α,β-unsaturated/α-hetero) is 2. The number of hydrogen-bond acceptors (Lipinski definition) is 10. The van der Waals surface area contributed by atoms with E-state index in [9.17, 15) is 34.8 Å². The molecular weight excluding hydrogens is 652 g/mol. The van der Waals surface area contributed by atoms with Crippen LogP contribution < -0.4 is 0 Å². The van der Waals surface area contributed by atoms with Gasteiger partial charge in [0, 0.05) is 31.1 Å². The second-order valence-electron chi connectivity index (χ2n) is 15.2. The number of hydrogen-bond donors (Lipinski definition) is 4. The van der Waals surface area contributed by atoms with Crippen LogP contribution in [0.5, 0.6) is 0 Å². The lowest BCUT2D eigenvalue weighted by atomic mass is 9.88. The van der Waals surface area contributed by atoms with Crippen molar-refractivity contribution in [1.29, 1.82) is 0 Å². The summed E-state index contributed by atoms with van der Waals surface area (Å²) in [4.78, 5) is 39.4. The van der Waals surface area contributed by atoms with Gasteiger partial charge in [0.05, 0.1) is 43.0 Å². The first kappa shape index (κ1) is 42.7. The first-order chi connectivity index (χ1) is 24.0. The smallest absolute Gasteiger partial charge is 0.309 e. The molecule has 286 valence electrons. The Bertz CT molecular complexity index is 1330. The molecule has 10 nitrogen and oxygen atoms in total. The van der Waals surface area contributed by atoms with Crippen LogP contribution in [-0.4, -0.2) is 92.9 Å². The molecule has 2 saturated heterocycles. The molecule has 3 rings (SSSR count). The van der Waals surface area contributed by atoms with E-state index in [-0.39, 0.29) is 48.7 Å². The van der Waals surface area contributed by atoms with Crippen LogP contribution >= 0.6 is 0 Å². The van der Waals surface area contributed by atoms with Crippen molar-refractivity contribution in [2.24, 2.45) is 17.8 Å². The topological polar surface area (TPSA) is 160 Å². The molecule has 0 aliphatic carbocycles. The first-order valence-electron chi connectivity index (χ1n) is 18.7. The normalized spacial score (nSPS) is 36.2. The van der Waals surface area contributed by atoms with Crippen molar-refractivity contribution in [3.8, 4) is 0 Å². The van der Waals surface area contributed by atoms with Crippen LogP contribution in [0.4, 0.5) is 0 Å². The van der Waals surface area contributed by atoms with Crippen molar-refractivity contribution in [3.63, 3.8) is 0 Å². The van der Waals surface area contributed by atoms with Gasteiger partial charge in [-0.1, -0.05) is 65.5 Å². The Hall–Kier alpha value is -2.73. The molecule has 2 fully saturated rings. The van der Waals surface area contributed by atoms with Crippen LogP contribution in [0.25, 0.3) is 0 Å². The molecule has 51 heavy (non-hydrogen) atoms. The summed E-state index contributed by atoms with van der Waals surface area (Å²) in [6.45, 7) is 19.0. The Kier molecular flexibility index (Phi) is 16.7. The SMILES string of the molecule is C=C(CCCC)C(O)C(C)=CC=CC1OC(=O)CC2OC(CC2C)C(O)C(O)C(=C)C(C)=CC(C)C(O)CC(=O)C(C)CC(=O)CC2CCC1O2. The molecule has 0 saturated carbocycles. The minimum atomic E-state index is -1.36. The maximum absolute atomic E-state index is 13.4. The predicted octanol–water partition coefficient (Wildman–Crippen LogP) is 5.42. The highest BCUT2D eigenvalue weighted by Crippen LogP contribution is 2.34. The number of allylic oxidation sites excluding steroid dienone is 2. The monoisotopic (exact) mass is 714 g/mol. The molecule has 12 unspecified atom stereocenters. The minimum absolute atomic E-state index is 0.0230. The van der Waals surface area contributed by atoms with Crippen LogP contribution in [0.2, 0.25) is 0 Å². The van der Waals surface area contributed by atoms with Crippen molar-refractivity contribution in [3.05, 3.63) is 59.8 Å². The third kappa shape index (κ3) is 12.4. The third-order valence-corrected chi connectivity index (χ3v) is 10.7. The average molecular weight is 715 g/mol. The van der Waals surface area contributed by atoms with Crippen molar-refractivity contribution in [1.82, 2.24) is 0 Å². The van der Waals surface area contributed by atoms with E-state index in [1.807, 2.05) is 13.8 Å². The van der Waals surface area contributed by atoms with Gasteiger partial charge < -0.3 is 34.6 Å². The predicted molar refractivity (Wildman–Crippen MR) is 196 cm³/mol. The highest BCUT2D eigenvalue weighted by molar-refractivity contribution is 5.88. The molecule has 3 heterocycles. The van der Waals surface area contributed by atoms with Crippen molar-refractivity contribution >= 4 is 17.5 Å². The maximum atomic E-state index is 13.4. The van der Waals surface area contributed by atoms with Gasteiger partial charge in [-0.05, 0) is 80.2 Å². The fourth-order valence-corrected chi connectivity index (χ4v) is 7.04. The summed E-state index contributed by atoms with van der Waals surface area (Å²) in [5, 5.41) is 43.7. The van der Waals surface area contributed by atoms with Gasteiger partial charge in [0.25, 0.3) is 0 Å². The van der Waals surface area contributed by atoms with E-state index in [1.165, 1.54) is 0 Å². The Morgan fingerprint density at radius 1 is 1.00 bits per heavy atom. The summed E-state index contributed by atoms with van der Waals surface area (Å²) < 4.78 is 18.4. The number of carbonyl (C=O) groups excluding carboxylic acids is 3. The Labute approximate surface area is 304 Å². The summed E-state index contributed by atoms with van der Waals surface area (Å²) in [6, 6.07) is 0. The van der Waals surface area contributed by atoms with Gasteiger partial charge in [-0.25, -0.2) is 0 Å². The van der Waals surface area contributed by atoms with E-state index >= 15 is 0 Å². The summed E-state index contributed by atoms with van der Waals surface area (Å²) in [5.74, 6) is -2.03. The lowest BCUT2D eigenvalue weighted by Crippen LogP contribution is -2.39. The highest BCUT2D eigenvalue weighted by atomic mass is 16.6. The first-order valence-corrected chi connectivity index (χ1v) is 18.7. The van der Waals surface area contributed by atoms with E-state index in [2.05, 4.69) is 20.1 Å². The number of carbonyl (C=O) groups is 3. The van der Waals surface area contributed by atoms with E-state index in [0.29, 0.717) is 30.4 Å². The largest absolute Gasteiger partial charge is 0.455 e. The zero-order valence-electron chi connectivity index (χ0n) is 31.5. The summed E-state index contributed by atoms with van der Waals surface area (Å²) >= 11 is 0. The number of aliphatic hydroxyl groups excluding tert-OH is 4. The molecule has 0 spiro atoms. The van der Waals surface area contributed by atoms with Gasteiger partial charge in [-0.2, -0.15) is 0 Å². The summed E-state index contributed by atoms with van der Waals surface area (Å²) in [6.07, 6.45) is 3.53. The molecule has 0 aromatic carbocycles. The lowest BCUT2D eigenvalue weighted by molar-refractivity contribution is -0.158. The third-order valence-electron chi connectivity index (χ3n) is 10.7. The number of ether oxygens (including phenoxy) is 3. The number of rotatable bonds is 7. The molecule has 0 amide bonds. The molecule has 4 N–H and O–H groups in total. The molecule has 12 atom stereocenters. The standard InChI is InChI=1S/C41H62O10/c1-9-10-12-23(2)39(46)24(3)13-11-14-34-35-16-15-31(49-35)20-30(42)18-27(6)33(44)21-32(43)26(5)17-25(4)29(8)40(47)41(48)37-19-28(7)36(50-37)22-38(45)51-34/h11,13-14,17,26-28,31-32,34-37,39-41,43,46-48H,2,8-10,12,15-16,18-22H2,1,3-7H3. The van der Waals surface area contributed by atoms with Crippen molar-refractivity contribution < 1.29 is 49.0 Å². The Morgan fingerprint density at radius 2 is 1.71 bits per heavy atom. The van der Waals surface area contributed by atoms with Crippen LogP contribution in [0.1, 0.15) is 106 Å². The van der Waals surface area contributed by atoms with E-state index in [4.69, 9.17) is 14.2 Å². The second-order valence-corrected chi connectivity index (χ2v) is 15.2. The molecule has 0 aromatic heterocycles. The highest BCUT2D eigenvalue weighted by Gasteiger charge is 2.41. The van der Waals surface area contributed by atoms with Gasteiger partial charge in [-0.15, -0.1) is 0 Å². The van der Waals surface area contributed by atoms with Crippen LogP contribution in [0.15, 0.2) is 59.8 Å². The maximum Gasteiger partial charge on any atom is 0.309 e. The average Bonchev–Trinajstić information content (AvgIpc) is 3.70. The molecule has 0 aromatic rings. The van der Waals surface area contributed by atoms with E-state index in [1.54, 1.807) is 45.1 Å². The van der Waals surface area contributed by atoms with Crippen LogP contribution in [-0.2, 0) is 28.6 Å². The molecule has 4 bridgehead atoms. The van der Waals surface area contributed by atoms with Crippen LogP contribution in [0.3, 0.4) is 0 Å². The fourth-order valence-electron chi connectivity index (χ4n) is 7.04. The number of fused-ring (bicyclic) bond motifs is 4. The van der Waals surface area contributed by atoms with Gasteiger partial charge >= 0.3 is 5.97 Å². The Balaban J connectivity index is 1.85. The number of ketones is 2. The summed E-state index contributed by atoms with van der Waals surface area (Å²) in [7, 11) is 0. The lowest BCUT2D eigenvalue weighted by Gasteiger charge is -2.26. The van der Waals surface area contributed by atoms with Gasteiger partial charge in [0.15, 0.2) is 0 Å². The second kappa shape index (κ2) is 19.9. The van der Waals surface area contributed by atoms with E-state index in [0.717, 1.165) is 24.8 Å². The molecular formula is C41H62O10. The number of cyclic esters (lactones) is 1. The minimum Gasteiger partial charge on any atom is -0.455 e. The zero-order chi connectivity index (χ0) is 38.0. The van der Waals surface area contributed by atoms with Crippen molar-refractivity contribution in [2.45, 2.75) is 161 Å². The van der Waals surface area contributed by atoms with E-state index < -0.39 is 72.7 Å². The van der Waals surface area contributed by atoms with Crippen LogP contribution in [0, 0.1) is 17.8 Å². The molecule has 0 radical (unpaired) electrons. The molecule has 10 heteroatoms. The van der Waals surface area contributed by atoms with Crippen molar-refractivity contribution in [2.75, 3.05) is 0 Å². The van der Waals surface area contributed by atoms with Gasteiger partial charge in [0.1, 0.15) is 29.9 Å². The number of esters is 1.